The Kier molecular flexibility index (Phi) is 9.45. The number of allylic oxidation sites excluding steroid dienone is 1. The number of benzene rings is 1. The van der Waals surface area contributed by atoms with Crippen molar-refractivity contribution in [1.82, 2.24) is 0 Å². The normalized spacial score (nSPS) is 15.0. The molecule has 1 fully saturated rings. The van der Waals surface area contributed by atoms with Crippen LogP contribution in [0.4, 0.5) is 11.4 Å². The van der Waals surface area contributed by atoms with Crippen LogP contribution in [0.25, 0.3) is 0 Å². The predicted molar refractivity (Wildman–Crippen MR) is 100 cm³/mol. The van der Waals surface area contributed by atoms with Crippen LogP contribution >= 0.6 is 0 Å². The number of nitrogen functional groups attached to an aromatic ring is 2. The Morgan fingerprint density at radius 2 is 1.82 bits per heavy atom. The Morgan fingerprint density at radius 1 is 1.09 bits per heavy atom. The molecule has 4 N–H and O–H groups in total. The maximum atomic E-state index is 5.96. The van der Waals surface area contributed by atoms with Gasteiger partial charge in [-0.15, -0.1) is 6.58 Å². The minimum Gasteiger partial charge on any atom is -0.399 e. The Labute approximate surface area is 137 Å². The predicted octanol–water partition coefficient (Wildman–Crippen LogP) is 6.04. The smallest absolute Gasteiger partial charge is 0.0350 e. The molecule has 0 aliphatic heterocycles. The molecule has 0 saturated heterocycles. The van der Waals surface area contributed by atoms with Crippen LogP contribution in [0.1, 0.15) is 82.6 Å². The zero-order chi connectivity index (χ0) is 16.2. The fourth-order valence-corrected chi connectivity index (χ4v) is 3.08. The van der Waals surface area contributed by atoms with Crippen molar-refractivity contribution in [3.63, 3.8) is 0 Å². The van der Waals surface area contributed by atoms with Gasteiger partial charge < -0.3 is 11.5 Å². The highest BCUT2D eigenvalue weighted by Gasteiger charge is 2.17. The van der Waals surface area contributed by atoms with Gasteiger partial charge in [0, 0.05) is 11.4 Å². The van der Waals surface area contributed by atoms with Crippen LogP contribution < -0.4 is 11.5 Å². The highest BCUT2D eigenvalue weighted by Crippen LogP contribution is 2.36. The average molecular weight is 303 g/mol. The van der Waals surface area contributed by atoms with Crippen molar-refractivity contribution in [3.8, 4) is 0 Å². The van der Waals surface area contributed by atoms with Crippen LogP contribution in [0.15, 0.2) is 30.9 Å². The molecule has 1 aromatic rings. The fraction of sp³-hybridized carbons (Fsp3) is 0.600. The third-order valence-corrected chi connectivity index (χ3v) is 4.42. The molecular weight excluding hydrogens is 268 g/mol. The van der Waals surface area contributed by atoms with Gasteiger partial charge in [-0.05, 0) is 55.4 Å². The van der Waals surface area contributed by atoms with Crippen LogP contribution in [0.3, 0.4) is 0 Å². The van der Waals surface area contributed by atoms with Crippen molar-refractivity contribution in [2.45, 2.75) is 77.0 Å². The SMILES string of the molecule is C=CCCCCCC.Nc1ccc(N)c(C2CCCCC2)c1. The second-order valence-electron chi connectivity index (χ2n) is 6.36. The molecule has 0 spiro atoms. The summed E-state index contributed by atoms with van der Waals surface area (Å²) in [6, 6.07) is 5.85. The van der Waals surface area contributed by atoms with Gasteiger partial charge in [0.15, 0.2) is 0 Å². The average Bonchev–Trinajstić information content (AvgIpc) is 2.55. The van der Waals surface area contributed by atoms with E-state index in [1.807, 2.05) is 24.3 Å². The van der Waals surface area contributed by atoms with Crippen LogP contribution in [0.2, 0.25) is 0 Å². The maximum Gasteiger partial charge on any atom is 0.0350 e. The first-order valence-corrected chi connectivity index (χ1v) is 8.94. The van der Waals surface area contributed by atoms with Gasteiger partial charge in [0.2, 0.25) is 0 Å². The molecular formula is C20H34N2. The quantitative estimate of drug-likeness (QED) is 0.382. The minimum absolute atomic E-state index is 0.646. The summed E-state index contributed by atoms with van der Waals surface area (Å²) in [4.78, 5) is 0. The van der Waals surface area contributed by atoms with Gasteiger partial charge >= 0.3 is 0 Å². The molecule has 2 nitrogen and oxygen atoms in total. The summed E-state index contributed by atoms with van der Waals surface area (Å²) in [6.45, 7) is 5.89. The highest BCUT2D eigenvalue weighted by atomic mass is 14.6. The summed E-state index contributed by atoms with van der Waals surface area (Å²) in [6.07, 6.45) is 15.2. The lowest BCUT2D eigenvalue weighted by Gasteiger charge is -2.23. The van der Waals surface area contributed by atoms with Gasteiger partial charge in [-0.3, -0.25) is 0 Å². The Bertz CT molecular complexity index is 420. The van der Waals surface area contributed by atoms with Crippen LogP contribution in [0.5, 0.6) is 0 Å². The molecule has 1 aliphatic rings. The molecule has 1 aromatic carbocycles. The van der Waals surface area contributed by atoms with Gasteiger partial charge in [0.25, 0.3) is 0 Å². The first kappa shape index (κ1) is 18.6. The zero-order valence-corrected chi connectivity index (χ0v) is 14.3. The van der Waals surface area contributed by atoms with Gasteiger partial charge in [-0.1, -0.05) is 51.5 Å². The summed E-state index contributed by atoms with van der Waals surface area (Å²) >= 11 is 0. The largest absolute Gasteiger partial charge is 0.399 e. The van der Waals surface area contributed by atoms with E-state index in [1.165, 1.54) is 69.8 Å². The number of nitrogens with two attached hydrogens (primary N) is 2. The summed E-state index contributed by atoms with van der Waals surface area (Å²) in [5.41, 5.74) is 14.8. The van der Waals surface area contributed by atoms with Crippen LogP contribution in [-0.2, 0) is 0 Å². The first-order chi connectivity index (χ1) is 10.7. The third-order valence-electron chi connectivity index (χ3n) is 4.42. The second kappa shape index (κ2) is 11.2. The molecule has 0 aromatic heterocycles. The van der Waals surface area contributed by atoms with E-state index < -0.39 is 0 Å². The van der Waals surface area contributed by atoms with E-state index >= 15 is 0 Å². The molecule has 2 rings (SSSR count). The van der Waals surface area contributed by atoms with Crippen molar-refractivity contribution in [2.75, 3.05) is 11.5 Å². The lowest BCUT2D eigenvalue weighted by Crippen LogP contribution is -2.07. The zero-order valence-electron chi connectivity index (χ0n) is 14.3. The standard InChI is InChI=1S/C12H18N2.C8H16/c13-10-6-7-12(14)11(8-10)9-4-2-1-3-5-9;1-3-5-7-8-6-4-2/h6-9H,1-5,13-14H2;3H,1,4-8H2,2H3. The van der Waals surface area contributed by atoms with E-state index in [2.05, 4.69) is 13.5 Å². The van der Waals surface area contributed by atoms with E-state index in [0.717, 1.165) is 11.4 Å². The molecule has 22 heavy (non-hydrogen) atoms. The lowest BCUT2D eigenvalue weighted by molar-refractivity contribution is 0.444. The van der Waals surface area contributed by atoms with Crippen LogP contribution in [-0.4, -0.2) is 0 Å². The fourth-order valence-electron chi connectivity index (χ4n) is 3.08. The van der Waals surface area contributed by atoms with Crippen molar-refractivity contribution < 1.29 is 0 Å². The number of hydrogen-bond donors (Lipinski definition) is 2. The van der Waals surface area contributed by atoms with Gasteiger partial charge in [-0.25, -0.2) is 0 Å². The second-order valence-corrected chi connectivity index (χ2v) is 6.36. The Morgan fingerprint density at radius 3 is 2.45 bits per heavy atom. The molecule has 0 unspecified atom stereocenters. The van der Waals surface area contributed by atoms with Crippen molar-refractivity contribution >= 4 is 11.4 Å². The Hall–Kier alpha value is -1.44. The van der Waals surface area contributed by atoms with E-state index in [-0.39, 0.29) is 0 Å². The summed E-state index contributed by atoms with van der Waals surface area (Å²) in [5.74, 6) is 0.646. The molecule has 124 valence electrons. The maximum absolute atomic E-state index is 5.96. The van der Waals surface area contributed by atoms with Crippen LogP contribution in [0, 0.1) is 0 Å². The molecule has 1 saturated carbocycles. The lowest BCUT2D eigenvalue weighted by atomic mass is 9.83. The molecule has 2 heteroatoms. The van der Waals surface area contributed by atoms with E-state index in [1.54, 1.807) is 0 Å². The van der Waals surface area contributed by atoms with Crippen molar-refractivity contribution in [1.29, 1.82) is 0 Å². The van der Waals surface area contributed by atoms with E-state index in [0.29, 0.717) is 5.92 Å². The highest BCUT2D eigenvalue weighted by molar-refractivity contribution is 5.56. The first-order valence-electron chi connectivity index (χ1n) is 8.94. The van der Waals surface area contributed by atoms with Crippen molar-refractivity contribution in [3.05, 3.63) is 36.4 Å². The minimum atomic E-state index is 0.646. The summed E-state index contributed by atoms with van der Waals surface area (Å²) in [5, 5.41) is 0. The van der Waals surface area contributed by atoms with Gasteiger partial charge in [0.1, 0.15) is 0 Å². The molecule has 1 aliphatic carbocycles. The number of anilines is 2. The summed E-state index contributed by atoms with van der Waals surface area (Å²) in [7, 11) is 0. The monoisotopic (exact) mass is 302 g/mol. The molecule has 0 radical (unpaired) electrons. The topological polar surface area (TPSA) is 52.0 Å². The molecule has 0 amide bonds. The molecule has 0 bridgehead atoms. The molecule has 0 heterocycles. The van der Waals surface area contributed by atoms with Gasteiger partial charge in [-0.2, -0.15) is 0 Å². The van der Waals surface area contributed by atoms with Crippen molar-refractivity contribution in [2.24, 2.45) is 0 Å². The summed E-state index contributed by atoms with van der Waals surface area (Å²) < 4.78 is 0. The Balaban J connectivity index is 0.000000261. The number of rotatable bonds is 6. The van der Waals surface area contributed by atoms with E-state index in [4.69, 9.17) is 11.5 Å². The van der Waals surface area contributed by atoms with E-state index in [9.17, 15) is 0 Å². The van der Waals surface area contributed by atoms with Gasteiger partial charge in [0.05, 0.1) is 0 Å². The third kappa shape index (κ3) is 7.02. The number of hydrogen-bond acceptors (Lipinski definition) is 2. The number of unbranched alkanes of at least 4 members (excludes halogenated alkanes) is 4. The molecule has 0 atom stereocenters.